The molecule has 72 valence electrons. The van der Waals surface area contributed by atoms with Gasteiger partial charge in [0.05, 0.1) is 5.59 Å². The van der Waals surface area contributed by atoms with Crippen molar-refractivity contribution in [3.63, 3.8) is 0 Å². The maximum Gasteiger partial charge on any atom is 0.510 e. The van der Waals surface area contributed by atoms with Crippen LogP contribution in [0.15, 0.2) is 12.3 Å². The first kappa shape index (κ1) is 10.1. The molecule has 0 fully saturated rings. The Kier molecular flexibility index (Phi) is 2.62. The fourth-order valence-electron chi connectivity index (χ4n) is 0.787. The molecule has 4 nitrogen and oxygen atoms in total. The van der Waals surface area contributed by atoms with Gasteiger partial charge in [-0.2, -0.15) is 18.3 Å². The summed E-state index contributed by atoms with van der Waals surface area (Å²) in [6.07, 6.45) is -3.33. The van der Waals surface area contributed by atoms with Gasteiger partial charge in [-0.05, 0) is 6.07 Å². The second-order valence-electron chi connectivity index (χ2n) is 2.43. The molecule has 1 rings (SSSR count). The van der Waals surface area contributed by atoms with Crippen LogP contribution in [0.25, 0.3) is 0 Å². The second-order valence-corrected chi connectivity index (χ2v) is 2.43. The summed E-state index contributed by atoms with van der Waals surface area (Å²) in [6, 6.07) is 1.11. The fraction of sp³-hybridized carbons (Fsp3) is 0.400. The van der Waals surface area contributed by atoms with Crippen LogP contribution in [0.4, 0.5) is 13.2 Å². The first-order chi connectivity index (χ1) is 5.88. The first-order valence-corrected chi connectivity index (χ1v) is 3.35. The molecule has 0 amide bonds. The van der Waals surface area contributed by atoms with Crippen LogP contribution in [-0.2, 0) is 6.54 Å². The van der Waals surface area contributed by atoms with Gasteiger partial charge in [-0.3, -0.25) is 4.68 Å². The van der Waals surface area contributed by atoms with E-state index in [2.05, 4.69) is 5.10 Å². The highest BCUT2D eigenvalue weighted by molar-refractivity contribution is 6.57. The van der Waals surface area contributed by atoms with E-state index in [0.29, 0.717) is 4.68 Å². The molecule has 0 saturated carbocycles. The first-order valence-electron chi connectivity index (χ1n) is 3.35. The summed E-state index contributed by atoms with van der Waals surface area (Å²) in [5.74, 6) is 0. The Morgan fingerprint density at radius 2 is 2.08 bits per heavy atom. The van der Waals surface area contributed by atoms with Crippen LogP contribution >= 0.6 is 0 Å². The van der Waals surface area contributed by atoms with Gasteiger partial charge in [0.2, 0.25) is 0 Å². The number of alkyl halides is 3. The van der Waals surface area contributed by atoms with Gasteiger partial charge in [-0.1, -0.05) is 0 Å². The Morgan fingerprint density at radius 3 is 2.46 bits per heavy atom. The molecule has 1 aromatic rings. The zero-order valence-electron chi connectivity index (χ0n) is 6.36. The van der Waals surface area contributed by atoms with Gasteiger partial charge in [0.15, 0.2) is 0 Å². The third-order valence-corrected chi connectivity index (χ3v) is 1.27. The van der Waals surface area contributed by atoms with Crippen LogP contribution in [0.5, 0.6) is 0 Å². The molecule has 0 aliphatic rings. The van der Waals surface area contributed by atoms with Crippen LogP contribution in [-0.4, -0.2) is 33.1 Å². The quantitative estimate of drug-likeness (QED) is 0.601. The monoisotopic (exact) mass is 194 g/mol. The van der Waals surface area contributed by atoms with Crippen LogP contribution in [0, 0.1) is 0 Å². The summed E-state index contributed by atoms with van der Waals surface area (Å²) < 4.78 is 35.9. The van der Waals surface area contributed by atoms with Crippen molar-refractivity contribution in [1.82, 2.24) is 9.78 Å². The van der Waals surface area contributed by atoms with Crippen molar-refractivity contribution in [2.75, 3.05) is 0 Å². The third kappa shape index (κ3) is 3.07. The molecule has 0 aliphatic carbocycles. The van der Waals surface area contributed by atoms with E-state index in [1.54, 1.807) is 0 Å². The van der Waals surface area contributed by atoms with Crippen LogP contribution in [0.2, 0.25) is 0 Å². The second kappa shape index (κ2) is 3.39. The van der Waals surface area contributed by atoms with E-state index < -0.39 is 19.8 Å². The molecular formula is C5H6BF3N2O2. The topological polar surface area (TPSA) is 58.3 Å². The predicted octanol–water partition coefficient (Wildman–Crippen LogP) is -0.875. The van der Waals surface area contributed by atoms with Crippen molar-refractivity contribution in [1.29, 1.82) is 0 Å². The van der Waals surface area contributed by atoms with Gasteiger partial charge in [0, 0.05) is 6.20 Å². The number of rotatable bonds is 2. The molecule has 0 aliphatic heterocycles. The molecule has 8 heteroatoms. The van der Waals surface area contributed by atoms with Crippen molar-refractivity contribution in [2.24, 2.45) is 0 Å². The van der Waals surface area contributed by atoms with Crippen LogP contribution < -0.4 is 5.59 Å². The smallest absolute Gasteiger partial charge is 0.422 e. The number of nitrogens with zero attached hydrogens (tertiary/aromatic N) is 2. The Bertz CT molecular complexity index is 286. The van der Waals surface area contributed by atoms with E-state index in [4.69, 9.17) is 10.0 Å². The van der Waals surface area contributed by atoms with Gasteiger partial charge < -0.3 is 10.0 Å². The molecule has 0 spiro atoms. The number of aromatic nitrogens is 2. The fourth-order valence-corrected chi connectivity index (χ4v) is 0.787. The summed E-state index contributed by atoms with van der Waals surface area (Å²) in [7, 11) is -1.84. The Labute approximate surface area is 71.7 Å². The van der Waals surface area contributed by atoms with Crippen LogP contribution in [0.1, 0.15) is 0 Å². The standard InChI is InChI=1S/C5H6BF3N2O2/c7-5(8,9)3-11-2-1-4(10-11)6(12)13/h1-2,12-13H,3H2. The molecule has 0 unspecified atom stereocenters. The van der Waals surface area contributed by atoms with E-state index in [9.17, 15) is 13.2 Å². The molecule has 1 aromatic heterocycles. The molecule has 2 N–H and O–H groups in total. The van der Waals surface area contributed by atoms with Crippen molar-refractivity contribution >= 4 is 12.7 Å². The van der Waals surface area contributed by atoms with Gasteiger partial charge >= 0.3 is 13.3 Å². The van der Waals surface area contributed by atoms with E-state index in [0.717, 1.165) is 12.3 Å². The molecular weight excluding hydrogens is 188 g/mol. The van der Waals surface area contributed by atoms with Crippen molar-refractivity contribution in [2.45, 2.75) is 12.7 Å². The number of halogens is 3. The lowest BCUT2D eigenvalue weighted by Crippen LogP contribution is -2.32. The SMILES string of the molecule is OB(O)c1ccn(CC(F)(F)F)n1. The van der Waals surface area contributed by atoms with Crippen LogP contribution in [0.3, 0.4) is 0 Å². The average molecular weight is 194 g/mol. The Hall–Kier alpha value is -1.02. The zero-order chi connectivity index (χ0) is 10.1. The van der Waals surface area contributed by atoms with E-state index in [-0.39, 0.29) is 5.59 Å². The minimum atomic E-state index is -4.36. The van der Waals surface area contributed by atoms with E-state index in [1.165, 1.54) is 0 Å². The highest BCUT2D eigenvalue weighted by Gasteiger charge is 2.28. The highest BCUT2D eigenvalue weighted by atomic mass is 19.4. The average Bonchev–Trinajstić information content (AvgIpc) is 2.31. The molecule has 0 atom stereocenters. The van der Waals surface area contributed by atoms with Gasteiger partial charge in [0.25, 0.3) is 0 Å². The summed E-state index contributed by atoms with van der Waals surface area (Å²) in [5, 5.41) is 20.4. The minimum Gasteiger partial charge on any atom is -0.422 e. The number of hydrogen-bond acceptors (Lipinski definition) is 3. The number of hydrogen-bond donors (Lipinski definition) is 2. The molecule has 1 heterocycles. The molecule has 13 heavy (non-hydrogen) atoms. The van der Waals surface area contributed by atoms with Gasteiger partial charge in [-0.15, -0.1) is 0 Å². The van der Waals surface area contributed by atoms with Crippen molar-refractivity contribution < 1.29 is 23.2 Å². The lowest BCUT2D eigenvalue weighted by molar-refractivity contribution is -0.142. The summed E-state index contributed by atoms with van der Waals surface area (Å²) in [6.45, 7) is -1.24. The molecule has 0 aromatic carbocycles. The lowest BCUT2D eigenvalue weighted by atomic mass is 9.87. The van der Waals surface area contributed by atoms with Crippen molar-refractivity contribution in [3.8, 4) is 0 Å². The lowest BCUT2D eigenvalue weighted by Gasteiger charge is -2.05. The van der Waals surface area contributed by atoms with Gasteiger partial charge in [-0.25, -0.2) is 0 Å². The third-order valence-electron chi connectivity index (χ3n) is 1.27. The Morgan fingerprint density at radius 1 is 1.46 bits per heavy atom. The minimum absolute atomic E-state index is 0.204. The van der Waals surface area contributed by atoms with Gasteiger partial charge in [0.1, 0.15) is 6.54 Å². The normalized spacial score (nSPS) is 11.8. The Balaban J connectivity index is 2.70. The predicted molar refractivity (Wildman–Crippen MR) is 38.1 cm³/mol. The zero-order valence-corrected chi connectivity index (χ0v) is 6.36. The largest absolute Gasteiger partial charge is 0.510 e. The van der Waals surface area contributed by atoms with Crippen molar-refractivity contribution in [3.05, 3.63) is 12.3 Å². The maximum atomic E-state index is 11.8. The molecule has 0 saturated heterocycles. The van der Waals surface area contributed by atoms with E-state index in [1.807, 2.05) is 0 Å². The summed E-state index contributed by atoms with van der Waals surface area (Å²) in [5.41, 5.74) is -0.204. The molecule has 0 radical (unpaired) electrons. The summed E-state index contributed by atoms with van der Waals surface area (Å²) >= 11 is 0. The maximum absolute atomic E-state index is 11.8. The molecule has 0 bridgehead atoms. The summed E-state index contributed by atoms with van der Waals surface area (Å²) in [4.78, 5) is 0. The van der Waals surface area contributed by atoms with E-state index >= 15 is 0 Å². The highest BCUT2D eigenvalue weighted by Crippen LogP contribution is 2.16.